The zero-order valence-corrected chi connectivity index (χ0v) is 13.6. The highest BCUT2D eigenvalue weighted by atomic mass is 35.5. The second-order valence-corrected chi connectivity index (χ2v) is 5.92. The van der Waals surface area contributed by atoms with Crippen LogP contribution < -0.4 is 4.90 Å². The summed E-state index contributed by atoms with van der Waals surface area (Å²) in [6.45, 7) is 8.55. The number of aldehydes is 1. The predicted molar refractivity (Wildman–Crippen MR) is 82.8 cm³/mol. The molecule has 1 rings (SSSR count). The summed E-state index contributed by atoms with van der Waals surface area (Å²) in [4.78, 5) is 24.0. The third-order valence-corrected chi connectivity index (χ3v) is 3.10. The van der Waals surface area contributed by atoms with Crippen molar-refractivity contribution in [2.75, 3.05) is 38.6 Å². The highest BCUT2D eigenvalue weighted by Gasteiger charge is 2.18. The summed E-state index contributed by atoms with van der Waals surface area (Å²) in [5.41, 5.74) is 0.372. The van der Waals surface area contributed by atoms with E-state index < -0.39 is 0 Å². The van der Waals surface area contributed by atoms with E-state index in [9.17, 15) is 4.79 Å². The molecule has 0 aromatic carbocycles. The lowest BCUT2D eigenvalue weighted by atomic mass is 10.2. The Morgan fingerprint density at radius 1 is 1.25 bits per heavy atom. The molecule has 1 aromatic rings. The first-order valence-corrected chi connectivity index (χ1v) is 7.12. The first kappa shape index (κ1) is 16.9. The molecule has 0 amide bonds. The van der Waals surface area contributed by atoms with E-state index in [4.69, 9.17) is 11.6 Å². The average Bonchev–Trinajstić information content (AvgIpc) is 2.33. The van der Waals surface area contributed by atoms with Crippen LogP contribution in [0.5, 0.6) is 0 Å². The molecule has 0 bridgehead atoms. The van der Waals surface area contributed by atoms with Crippen molar-refractivity contribution >= 4 is 23.7 Å². The fraction of sp³-hybridized carbons (Fsp3) is 0.643. The van der Waals surface area contributed by atoms with Crippen molar-refractivity contribution in [1.82, 2.24) is 14.9 Å². The van der Waals surface area contributed by atoms with Crippen LogP contribution in [0.4, 0.5) is 5.82 Å². The first-order chi connectivity index (χ1) is 9.35. The lowest BCUT2D eigenvalue weighted by Gasteiger charge is -2.28. The SMILES string of the molecule is Cc1nc(Cl)c(C=O)c(N(CCN(C)C)CC(C)C)n1. The van der Waals surface area contributed by atoms with E-state index in [1.54, 1.807) is 6.92 Å². The number of hydrogen-bond acceptors (Lipinski definition) is 5. The largest absolute Gasteiger partial charge is 0.354 e. The average molecular weight is 299 g/mol. The van der Waals surface area contributed by atoms with Gasteiger partial charge in [-0.15, -0.1) is 0 Å². The van der Waals surface area contributed by atoms with Crippen LogP contribution in [0.1, 0.15) is 30.0 Å². The summed E-state index contributed by atoms with van der Waals surface area (Å²) in [6.07, 6.45) is 0.736. The van der Waals surface area contributed by atoms with Crippen LogP contribution in [0.15, 0.2) is 0 Å². The number of nitrogens with zero attached hydrogens (tertiary/aromatic N) is 4. The minimum atomic E-state index is 0.223. The molecule has 0 unspecified atom stereocenters. The molecule has 0 spiro atoms. The van der Waals surface area contributed by atoms with Crippen molar-refractivity contribution in [2.45, 2.75) is 20.8 Å². The molecule has 1 heterocycles. The quantitative estimate of drug-likeness (QED) is 0.571. The number of carbonyl (C=O) groups is 1. The summed E-state index contributed by atoms with van der Waals surface area (Å²) in [7, 11) is 4.04. The second-order valence-electron chi connectivity index (χ2n) is 5.56. The van der Waals surface area contributed by atoms with Crippen molar-refractivity contribution in [1.29, 1.82) is 0 Å². The van der Waals surface area contributed by atoms with Gasteiger partial charge in [-0.1, -0.05) is 25.4 Å². The van der Waals surface area contributed by atoms with Crippen molar-refractivity contribution in [2.24, 2.45) is 5.92 Å². The Hall–Kier alpha value is -1.20. The Balaban J connectivity index is 3.14. The molecule has 6 heteroatoms. The topological polar surface area (TPSA) is 49.3 Å². The van der Waals surface area contributed by atoms with Gasteiger partial charge in [-0.25, -0.2) is 9.97 Å². The smallest absolute Gasteiger partial charge is 0.156 e. The van der Waals surface area contributed by atoms with E-state index in [-0.39, 0.29) is 5.15 Å². The van der Waals surface area contributed by atoms with Gasteiger partial charge in [0.25, 0.3) is 0 Å². The van der Waals surface area contributed by atoms with Gasteiger partial charge < -0.3 is 9.80 Å². The van der Waals surface area contributed by atoms with E-state index in [0.717, 1.165) is 25.9 Å². The second kappa shape index (κ2) is 7.55. The highest BCUT2D eigenvalue weighted by molar-refractivity contribution is 6.32. The maximum Gasteiger partial charge on any atom is 0.156 e. The van der Waals surface area contributed by atoms with Gasteiger partial charge in [0.1, 0.15) is 16.8 Å². The lowest BCUT2D eigenvalue weighted by molar-refractivity contribution is 0.112. The van der Waals surface area contributed by atoms with Gasteiger partial charge in [0.05, 0.1) is 5.56 Å². The molecule has 0 saturated heterocycles. The van der Waals surface area contributed by atoms with Crippen LogP contribution in [-0.2, 0) is 0 Å². The van der Waals surface area contributed by atoms with Crippen molar-refractivity contribution in [3.63, 3.8) is 0 Å². The van der Waals surface area contributed by atoms with E-state index in [0.29, 0.717) is 23.1 Å². The summed E-state index contributed by atoms with van der Waals surface area (Å²) < 4.78 is 0. The number of carbonyl (C=O) groups excluding carboxylic acids is 1. The van der Waals surface area contributed by atoms with Crippen molar-refractivity contribution in [3.05, 3.63) is 16.5 Å². The molecular formula is C14H23ClN4O. The predicted octanol–water partition coefficient (Wildman–Crippen LogP) is 2.27. The minimum Gasteiger partial charge on any atom is -0.354 e. The first-order valence-electron chi connectivity index (χ1n) is 6.74. The van der Waals surface area contributed by atoms with E-state index in [2.05, 4.69) is 33.6 Å². The van der Waals surface area contributed by atoms with Crippen LogP contribution >= 0.6 is 11.6 Å². The summed E-state index contributed by atoms with van der Waals surface area (Å²) in [5.74, 6) is 1.67. The molecule has 0 radical (unpaired) electrons. The summed E-state index contributed by atoms with van der Waals surface area (Å²) in [5, 5.41) is 0.223. The van der Waals surface area contributed by atoms with Crippen molar-refractivity contribution < 1.29 is 4.79 Å². The van der Waals surface area contributed by atoms with Gasteiger partial charge >= 0.3 is 0 Å². The fourth-order valence-electron chi connectivity index (χ4n) is 1.92. The van der Waals surface area contributed by atoms with Crippen LogP contribution in [0.3, 0.4) is 0 Å². The molecule has 0 atom stereocenters. The normalized spacial score (nSPS) is 11.2. The molecule has 0 aliphatic heterocycles. The van der Waals surface area contributed by atoms with Crippen LogP contribution in [0, 0.1) is 12.8 Å². The van der Waals surface area contributed by atoms with Crippen LogP contribution in [0.2, 0.25) is 5.15 Å². The number of halogens is 1. The van der Waals surface area contributed by atoms with Gasteiger partial charge in [0, 0.05) is 19.6 Å². The number of anilines is 1. The van der Waals surface area contributed by atoms with E-state index in [1.807, 2.05) is 14.1 Å². The molecule has 0 N–H and O–H groups in total. The van der Waals surface area contributed by atoms with Crippen molar-refractivity contribution in [3.8, 4) is 0 Å². The van der Waals surface area contributed by atoms with E-state index >= 15 is 0 Å². The number of hydrogen-bond donors (Lipinski definition) is 0. The molecule has 20 heavy (non-hydrogen) atoms. The van der Waals surface area contributed by atoms with Gasteiger partial charge in [0.15, 0.2) is 6.29 Å². The maximum absolute atomic E-state index is 11.3. The molecule has 0 aliphatic rings. The number of rotatable bonds is 7. The van der Waals surface area contributed by atoms with Crippen LogP contribution in [0.25, 0.3) is 0 Å². The Kier molecular flexibility index (Phi) is 6.36. The van der Waals surface area contributed by atoms with Gasteiger partial charge in [0.2, 0.25) is 0 Å². The highest BCUT2D eigenvalue weighted by Crippen LogP contribution is 2.23. The third kappa shape index (κ3) is 4.72. The molecule has 5 nitrogen and oxygen atoms in total. The lowest BCUT2D eigenvalue weighted by Crippen LogP contribution is -2.36. The summed E-state index contributed by atoms with van der Waals surface area (Å²) in [6, 6.07) is 0. The third-order valence-electron chi connectivity index (χ3n) is 2.81. The Morgan fingerprint density at radius 3 is 2.40 bits per heavy atom. The van der Waals surface area contributed by atoms with Crippen LogP contribution in [-0.4, -0.2) is 54.9 Å². The fourth-order valence-corrected chi connectivity index (χ4v) is 2.17. The number of aryl methyl sites for hydroxylation is 1. The maximum atomic E-state index is 11.3. The summed E-state index contributed by atoms with van der Waals surface area (Å²) >= 11 is 6.06. The number of aromatic nitrogens is 2. The zero-order valence-electron chi connectivity index (χ0n) is 12.9. The standard InChI is InChI=1S/C14H23ClN4O/c1-10(2)8-19(7-6-18(4)5)14-12(9-20)13(15)16-11(3)17-14/h9-10H,6-8H2,1-5H3. The van der Waals surface area contributed by atoms with Gasteiger partial charge in [-0.05, 0) is 26.9 Å². The number of likely N-dealkylation sites (N-methyl/N-ethyl adjacent to an activating group) is 1. The Labute approximate surface area is 126 Å². The molecule has 0 fully saturated rings. The Bertz CT molecular complexity index is 463. The van der Waals surface area contributed by atoms with Gasteiger partial charge in [-0.3, -0.25) is 4.79 Å². The monoisotopic (exact) mass is 298 g/mol. The Morgan fingerprint density at radius 2 is 1.90 bits per heavy atom. The molecule has 0 aliphatic carbocycles. The zero-order chi connectivity index (χ0) is 15.3. The molecule has 0 saturated carbocycles. The van der Waals surface area contributed by atoms with Gasteiger partial charge in [-0.2, -0.15) is 0 Å². The minimum absolute atomic E-state index is 0.223. The molecule has 112 valence electrons. The van der Waals surface area contributed by atoms with E-state index in [1.165, 1.54) is 0 Å². The molecule has 1 aromatic heterocycles. The molecular weight excluding hydrogens is 276 g/mol.